The Balaban J connectivity index is 1.71. The lowest BCUT2D eigenvalue weighted by Gasteiger charge is -2.18. The molecule has 0 radical (unpaired) electrons. The third-order valence-electron chi connectivity index (χ3n) is 5.68. The van der Waals surface area contributed by atoms with Crippen LogP contribution in [0.1, 0.15) is 53.3 Å². The van der Waals surface area contributed by atoms with Gasteiger partial charge in [0.2, 0.25) is 0 Å². The number of hydrogen-bond acceptors (Lipinski definition) is 9. The molecule has 2 heterocycles. The van der Waals surface area contributed by atoms with Crippen LogP contribution in [0.4, 0.5) is 17.2 Å². The van der Waals surface area contributed by atoms with Gasteiger partial charge in [-0.3, -0.25) is 4.79 Å². The number of carbonyl (C=O) groups is 2. The van der Waals surface area contributed by atoms with Crippen molar-refractivity contribution >= 4 is 50.6 Å². The molecule has 204 valence electrons. The molecule has 1 amide bonds. The van der Waals surface area contributed by atoms with Crippen molar-refractivity contribution < 1.29 is 23.8 Å². The van der Waals surface area contributed by atoms with Crippen molar-refractivity contribution in [3.05, 3.63) is 64.8 Å². The van der Waals surface area contributed by atoms with Gasteiger partial charge in [-0.05, 0) is 44.4 Å². The van der Waals surface area contributed by atoms with Crippen LogP contribution in [0.15, 0.2) is 48.8 Å². The van der Waals surface area contributed by atoms with Crippen LogP contribution in [0.3, 0.4) is 0 Å². The van der Waals surface area contributed by atoms with E-state index in [9.17, 15) is 9.59 Å². The number of amides is 1. The van der Waals surface area contributed by atoms with Gasteiger partial charge in [-0.2, -0.15) is 0 Å². The number of carbonyl (C=O) groups excluding carboxylic acids is 2. The van der Waals surface area contributed by atoms with Crippen molar-refractivity contribution in [1.82, 2.24) is 9.97 Å². The number of ether oxygens (including phenoxy) is 3. The van der Waals surface area contributed by atoms with Crippen LogP contribution in [0, 0.1) is 12.8 Å². The van der Waals surface area contributed by atoms with Gasteiger partial charge in [0.25, 0.3) is 5.91 Å². The highest BCUT2D eigenvalue weighted by Gasteiger charge is 2.22. The summed E-state index contributed by atoms with van der Waals surface area (Å²) in [6.07, 6.45) is 1.45. The minimum atomic E-state index is -0.373. The van der Waals surface area contributed by atoms with Crippen LogP contribution in [0.5, 0.6) is 11.5 Å². The molecule has 0 aliphatic rings. The van der Waals surface area contributed by atoms with Crippen molar-refractivity contribution in [1.29, 1.82) is 0 Å². The van der Waals surface area contributed by atoms with Gasteiger partial charge in [0, 0.05) is 17.7 Å². The quantitative estimate of drug-likeness (QED) is 0.202. The highest BCUT2D eigenvalue weighted by Crippen LogP contribution is 2.41. The molecule has 0 saturated heterocycles. The van der Waals surface area contributed by atoms with Gasteiger partial charge in [-0.1, -0.05) is 32.0 Å². The van der Waals surface area contributed by atoms with Gasteiger partial charge in [0.1, 0.15) is 33.4 Å². The molecule has 0 atom stereocenters. The molecule has 0 unspecified atom stereocenters. The minimum absolute atomic E-state index is 0.234. The second-order valence-electron chi connectivity index (χ2n) is 9.11. The van der Waals surface area contributed by atoms with Crippen LogP contribution in [0.25, 0.3) is 10.2 Å². The number of fused-ring (bicyclic) bond motifs is 1. The summed E-state index contributed by atoms with van der Waals surface area (Å²) in [5.74, 6) is 1.09. The Morgan fingerprint density at radius 3 is 2.31 bits per heavy atom. The molecule has 0 aliphatic heterocycles. The van der Waals surface area contributed by atoms with E-state index in [2.05, 4.69) is 20.6 Å². The largest absolute Gasteiger partial charge is 0.492 e. The van der Waals surface area contributed by atoms with E-state index in [4.69, 9.17) is 14.2 Å². The Labute approximate surface area is 231 Å². The lowest BCUT2D eigenvalue weighted by atomic mass is 10.1. The number of nitrogens with one attached hydrogen (secondary N) is 2. The summed E-state index contributed by atoms with van der Waals surface area (Å²) in [7, 11) is 0. The molecule has 0 spiro atoms. The second kappa shape index (κ2) is 12.6. The third-order valence-corrected chi connectivity index (χ3v) is 6.86. The maximum Gasteiger partial charge on any atom is 0.348 e. The average molecular weight is 549 g/mol. The van der Waals surface area contributed by atoms with Crippen molar-refractivity contribution in [3.8, 4) is 11.5 Å². The number of esters is 1. The number of anilines is 3. The van der Waals surface area contributed by atoms with Crippen LogP contribution in [0.2, 0.25) is 0 Å². The lowest BCUT2D eigenvalue weighted by Crippen LogP contribution is -2.13. The molecule has 0 aliphatic carbocycles. The zero-order valence-corrected chi connectivity index (χ0v) is 23.5. The first-order valence-electron chi connectivity index (χ1n) is 12.8. The first kappa shape index (κ1) is 27.8. The number of benzene rings is 2. The monoisotopic (exact) mass is 548 g/mol. The number of aromatic nitrogens is 2. The van der Waals surface area contributed by atoms with Crippen molar-refractivity contribution in [2.75, 3.05) is 30.5 Å². The highest BCUT2D eigenvalue weighted by atomic mass is 32.1. The van der Waals surface area contributed by atoms with Gasteiger partial charge in [0.15, 0.2) is 0 Å². The zero-order valence-electron chi connectivity index (χ0n) is 22.7. The molecule has 2 aromatic carbocycles. The van der Waals surface area contributed by atoms with Crippen LogP contribution >= 0.6 is 11.3 Å². The van der Waals surface area contributed by atoms with Gasteiger partial charge in [-0.15, -0.1) is 11.3 Å². The van der Waals surface area contributed by atoms with E-state index in [1.165, 1.54) is 17.7 Å². The van der Waals surface area contributed by atoms with Crippen molar-refractivity contribution in [2.24, 2.45) is 5.92 Å². The number of hydrogen-bond donors (Lipinski definition) is 2. The third kappa shape index (κ3) is 6.46. The molecule has 0 bridgehead atoms. The SMILES string of the molecule is CCOc1cc(Nc2ncnc3sc(C(=O)OCC(C)C)c(C)c23)c(OCC)cc1NC(=O)c1ccccc1. The smallest absolute Gasteiger partial charge is 0.348 e. The Morgan fingerprint density at radius 2 is 1.64 bits per heavy atom. The Morgan fingerprint density at radius 1 is 0.974 bits per heavy atom. The van der Waals surface area contributed by atoms with E-state index in [0.29, 0.717) is 63.8 Å². The molecule has 2 N–H and O–H groups in total. The van der Waals surface area contributed by atoms with Crippen molar-refractivity contribution in [2.45, 2.75) is 34.6 Å². The number of aryl methyl sites for hydroxylation is 1. The van der Waals surface area contributed by atoms with Gasteiger partial charge in [0.05, 0.1) is 36.6 Å². The summed E-state index contributed by atoms with van der Waals surface area (Å²) in [5, 5.41) is 6.99. The summed E-state index contributed by atoms with van der Waals surface area (Å²) < 4.78 is 17.3. The Bertz CT molecular complexity index is 1470. The van der Waals surface area contributed by atoms with E-state index in [1.54, 1.807) is 36.4 Å². The van der Waals surface area contributed by atoms with Crippen LogP contribution in [-0.2, 0) is 4.74 Å². The molecular weight excluding hydrogens is 516 g/mol. The predicted octanol–water partition coefficient (Wildman–Crippen LogP) is 6.61. The maximum atomic E-state index is 12.9. The molecule has 39 heavy (non-hydrogen) atoms. The summed E-state index contributed by atoms with van der Waals surface area (Å²) in [5.41, 5.74) is 2.34. The summed E-state index contributed by atoms with van der Waals surface area (Å²) in [4.78, 5) is 35.6. The second-order valence-corrected chi connectivity index (χ2v) is 10.1. The fraction of sp³-hybridized carbons (Fsp3) is 0.310. The molecule has 4 aromatic rings. The van der Waals surface area contributed by atoms with Gasteiger partial charge >= 0.3 is 5.97 Å². The van der Waals surface area contributed by atoms with Crippen LogP contribution < -0.4 is 20.1 Å². The van der Waals surface area contributed by atoms with E-state index in [0.717, 1.165) is 10.9 Å². The minimum Gasteiger partial charge on any atom is -0.492 e. The normalized spacial score (nSPS) is 10.9. The molecule has 10 heteroatoms. The molecule has 4 rings (SSSR count). The fourth-order valence-corrected chi connectivity index (χ4v) is 4.93. The van der Waals surface area contributed by atoms with E-state index in [1.807, 2.05) is 40.7 Å². The Hall–Kier alpha value is -4.18. The number of thiophene rings is 1. The lowest BCUT2D eigenvalue weighted by molar-refractivity contribution is 0.0464. The fourth-order valence-electron chi connectivity index (χ4n) is 3.89. The molecular formula is C29H32N4O5S. The van der Waals surface area contributed by atoms with E-state index < -0.39 is 0 Å². The molecule has 0 fully saturated rings. The highest BCUT2D eigenvalue weighted by molar-refractivity contribution is 7.20. The van der Waals surface area contributed by atoms with Gasteiger partial charge < -0.3 is 24.8 Å². The first-order chi connectivity index (χ1) is 18.8. The summed E-state index contributed by atoms with van der Waals surface area (Å²) in [6, 6.07) is 12.4. The number of nitrogens with zero attached hydrogens (tertiary/aromatic N) is 2. The first-order valence-corrected chi connectivity index (χ1v) is 13.6. The molecule has 2 aromatic heterocycles. The van der Waals surface area contributed by atoms with Crippen molar-refractivity contribution in [3.63, 3.8) is 0 Å². The summed E-state index contributed by atoms with van der Waals surface area (Å²) in [6.45, 7) is 10.7. The van der Waals surface area contributed by atoms with Gasteiger partial charge in [-0.25, -0.2) is 14.8 Å². The predicted molar refractivity (Wildman–Crippen MR) is 154 cm³/mol. The Kier molecular flexibility index (Phi) is 8.98. The summed E-state index contributed by atoms with van der Waals surface area (Å²) >= 11 is 1.27. The van der Waals surface area contributed by atoms with E-state index >= 15 is 0 Å². The zero-order chi connectivity index (χ0) is 27.9. The molecule has 0 saturated carbocycles. The topological polar surface area (TPSA) is 112 Å². The van der Waals surface area contributed by atoms with E-state index in [-0.39, 0.29) is 17.8 Å². The standard InChI is InChI=1S/C29H32N4O5S/c1-6-36-22-14-21(33-27(34)19-11-9-8-10-12-19)23(37-7-2)13-20(22)32-26-24-18(5)25(29(35)38-15-17(3)4)39-28(24)31-16-30-26/h8-14,16-17H,6-7,15H2,1-5H3,(H,33,34)(H,30,31,32). The maximum absolute atomic E-state index is 12.9. The number of rotatable bonds is 11. The molecule has 9 nitrogen and oxygen atoms in total. The average Bonchev–Trinajstić information content (AvgIpc) is 3.27. The van der Waals surface area contributed by atoms with Crippen LogP contribution in [-0.4, -0.2) is 41.7 Å².